The van der Waals surface area contributed by atoms with Crippen LogP contribution < -0.4 is 15.2 Å². The fourth-order valence-electron chi connectivity index (χ4n) is 1.09. The van der Waals surface area contributed by atoms with Crippen molar-refractivity contribution in [3.63, 3.8) is 0 Å². The van der Waals surface area contributed by atoms with Gasteiger partial charge in [-0.1, -0.05) is 0 Å². The van der Waals surface area contributed by atoms with Crippen molar-refractivity contribution >= 4 is 5.69 Å². The number of hydrogen-bond donors (Lipinski definition) is 1. The Morgan fingerprint density at radius 1 is 1.07 bits per heavy atom. The van der Waals surface area contributed by atoms with Crippen LogP contribution >= 0.6 is 0 Å². The molecule has 0 heterocycles. The van der Waals surface area contributed by atoms with Crippen molar-refractivity contribution in [1.29, 1.82) is 0 Å². The molecule has 0 saturated heterocycles. The minimum absolute atomic E-state index is 0.0298. The minimum Gasteiger partial charge on any atom is -0.491 e. The van der Waals surface area contributed by atoms with E-state index in [4.69, 9.17) is 5.73 Å². The molecule has 0 bridgehead atoms. The predicted octanol–water partition coefficient (Wildman–Crippen LogP) is 2.09. The average molecular weight is 221 g/mol. The van der Waals surface area contributed by atoms with Gasteiger partial charge in [-0.15, -0.1) is 0 Å². The van der Waals surface area contributed by atoms with Gasteiger partial charge in [-0.3, -0.25) is 0 Å². The monoisotopic (exact) mass is 221 g/mol. The normalized spacial score (nSPS) is 10.2. The van der Waals surface area contributed by atoms with Crippen molar-refractivity contribution in [3.8, 4) is 11.5 Å². The van der Waals surface area contributed by atoms with Crippen molar-refractivity contribution in [1.82, 2.24) is 0 Å². The highest BCUT2D eigenvalue weighted by Gasteiger charge is 2.25. The minimum atomic E-state index is -1.27. The molecule has 0 spiro atoms. The summed E-state index contributed by atoms with van der Waals surface area (Å²) in [7, 11) is 1.05. The second-order valence-electron chi connectivity index (χ2n) is 2.65. The molecule has 0 aromatic heterocycles. The van der Waals surface area contributed by atoms with E-state index in [0.29, 0.717) is 0 Å². The molecular weight excluding hydrogens is 211 g/mol. The first-order chi connectivity index (χ1) is 7.04. The molecule has 1 aromatic carbocycles. The Morgan fingerprint density at radius 2 is 1.60 bits per heavy atom. The zero-order chi connectivity index (χ0) is 11.6. The van der Waals surface area contributed by atoms with Crippen LogP contribution in [-0.4, -0.2) is 13.7 Å². The van der Waals surface area contributed by atoms with Crippen LogP contribution in [0.4, 0.5) is 18.9 Å². The van der Waals surface area contributed by atoms with Crippen LogP contribution in [0.3, 0.4) is 0 Å². The van der Waals surface area contributed by atoms with Crippen molar-refractivity contribution in [2.45, 2.75) is 6.92 Å². The fourth-order valence-corrected chi connectivity index (χ4v) is 1.09. The molecule has 0 amide bonds. The molecule has 0 radical (unpaired) electrons. The Balaban J connectivity index is 3.45. The van der Waals surface area contributed by atoms with Gasteiger partial charge in [0.2, 0.25) is 5.82 Å². The van der Waals surface area contributed by atoms with Gasteiger partial charge in [-0.2, -0.15) is 4.39 Å². The number of methoxy groups -OCH3 is 1. The van der Waals surface area contributed by atoms with E-state index in [-0.39, 0.29) is 6.61 Å². The Kier molecular flexibility index (Phi) is 3.28. The van der Waals surface area contributed by atoms with Crippen molar-refractivity contribution in [2.24, 2.45) is 0 Å². The van der Waals surface area contributed by atoms with Crippen LogP contribution in [-0.2, 0) is 0 Å². The van der Waals surface area contributed by atoms with Gasteiger partial charge in [-0.25, -0.2) is 8.78 Å². The Hall–Kier alpha value is -1.59. The molecule has 0 saturated carbocycles. The van der Waals surface area contributed by atoms with E-state index in [0.717, 1.165) is 7.11 Å². The van der Waals surface area contributed by atoms with E-state index in [1.54, 1.807) is 0 Å². The van der Waals surface area contributed by atoms with Crippen LogP contribution in [0.5, 0.6) is 11.5 Å². The first-order valence-corrected chi connectivity index (χ1v) is 4.17. The van der Waals surface area contributed by atoms with Crippen molar-refractivity contribution in [3.05, 3.63) is 17.5 Å². The summed E-state index contributed by atoms with van der Waals surface area (Å²) in [6.07, 6.45) is 0. The van der Waals surface area contributed by atoms with Crippen molar-refractivity contribution in [2.75, 3.05) is 19.5 Å². The summed E-state index contributed by atoms with van der Waals surface area (Å²) >= 11 is 0. The first-order valence-electron chi connectivity index (χ1n) is 4.17. The summed E-state index contributed by atoms with van der Waals surface area (Å²) in [5.41, 5.74) is 4.26. The second kappa shape index (κ2) is 4.29. The van der Waals surface area contributed by atoms with Gasteiger partial charge in [0.1, 0.15) is 5.69 Å². The quantitative estimate of drug-likeness (QED) is 0.795. The van der Waals surface area contributed by atoms with Gasteiger partial charge in [0.25, 0.3) is 0 Å². The molecule has 2 N–H and O–H groups in total. The maximum Gasteiger partial charge on any atom is 0.213 e. The van der Waals surface area contributed by atoms with E-state index in [1.807, 2.05) is 0 Å². The van der Waals surface area contributed by atoms with E-state index >= 15 is 0 Å². The van der Waals surface area contributed by atoms with Crippen LogP contribution in [0, 0.1) is 17.5 Å². The highest BCUT2D eigenvalue weighted by Crippen LogP contribution is 2.37. The lowest BCUT2D eigenvalue weighted by atomic mass is 10.2. The highest BCUT2D eigenvalue weighted by molar-refractivity contribution is 5.54. The Morgan fingerprint density at radius 3 is 2.07 bits per heavy atom. The van der Waals surface area contributed by atoms with Crippen LogP contribution in [0.1, 0.15) is 6.92 Å². The topological polar surface area (TPSA) is 44.5 Å². The number of nitrogen functional groups attached to an aromatic ring is 1. The molecule has 1 aromatic rings. The number of halogens is 3. The third-order valence-corrected chi connectivity index (χ3v) is 1.76. The summed E-state index contributed by atoms with van der Waals surface area (Å²) in [4.78, 5) is 0. The van der Waals surface area contributed by atoms with Gasteiger partial charge in [0, 0.05) is 0 Å². The standard InChI is InChI=1S/C9H10F3NO2/c1-3-15-9-5(11)7(13)4(10)8(14-2)6(9)12/h3,13H2,1-2H3. The largest absolute Gasteiger partial charge is 0.491 e. The van der Waals surface area contributed by atoms with E-state index in [9.17, 15) is 13.2 Å². The number of benzene rings is 1. The van der Waals surface area contributed by atoms with Gasteiger partial charge < -0.3 is 15.2 Å². The van der Waals surface area contributed by atoms with Gasteiger partial charge in [-0.05, 0) is 6.92 Å². The smallest absolute Gasteiger partial charge is 0.213 e. The van der Waals surface area contributed by atoms with Gasteiger partial charge in [0.05, 0.1) is 13.7 Å². The molecule has 6 heteroatoms. The summed E-state index contributed by atoms with van der Waals surface area (Å²) in [5, 5.41) is 0. The van der Waals surface area contributed by atoms with Crippen LogP contribution in [0.25, 0.3) is 0 Å². The number of ether oxygens (including phenoxy) is 2. The predicted molar refractivity (Wildman–Crippen MR) is 48.4 cm³/mol. The zero-order valence-corrected chi connectivity index (χ0v) is 8.23. The summed E-state index contributed by atoms with van der Waals surface area (Å²) in [6, 6.07) is 0. The lowest BCUT2D eigenvalue weighted by molar-refractivity contribution is 0.286. The molecule has 0 aliphatic carbocycles. The molecule has 1 rings (SSSR count). The molecule has 84 valence electrons. The van der Waals surface area contributed by atoms with E-state index < -0.39 is 34.6 Å². The first kappa shape index (κ1) is 11.5. The number of rotatable bonds is 3. The van der Waals surface area contributed by atoms with Gasteiger partial charge in [0.15, 0.2) is 23.1 Å². The Labute approximate surface area is 84.6 Å². The SMILES string of the molecule is CCOc1c(F)c(N)c(F)c(OC)c1F. The van der Waals surface area contributed by atoms with Crippen LogP contribution in [0.2, 0.25) is 0 Å². The van der Waals surface area contributed by atoms with Crippen molar-refractivity contribution < 1.29 is 22.6 Å². The zero-order valence-electron chi connectivity index (χ0n) is 8.23. The van der Waals surface area contributed by atoms with E-state index in [2.05, 4.69) is 9.47 Å². The number of anilines is 1. The fraction of sp³-hybridized carbons (Fsp3) is 0.333. The molecule has 3 nitrogen and oxygen atoms in total. The lowest BCUT2D eigenvalue weighted by Gasteiger charge is -2.12. The van der Waals surface area contributed by atoms with Gasteiger partial charge >= 0.3 is 0 Å². The molecule has 0 unspecified atom stereocenters. The third-order valence-electron chi connectivity index (χ3n) is 1.76. The molecule has 15 heavy (non-hydrogen) atoms. The third kappa shape index (κ3) is 1.79. The average Bonchev–Trinajstić information content (AvgIpc) is 2.22. The summed E-state index contributed by atoms with van der Waals surface area (Å²) < 4.78 is 48.9. The highest BCUT2D eigenvalue weighted by atomic mass is 19.1. The molecule has 0 fully saturated rings. The summed E-state index contributed by atoms with van der Waals surface area (Å²) in [6.45, 7) is 1.56. The second-order valence-corrected chi connectivity index (χ2v) is 2.65. The molecule has 0 atom stereocenters. The Bertz CT molecular complexity index is 382. The number of hydrogen-bond acceptors (Lipinski definition) is 3. The number of nitrogens with two attached hydrogens (primary N) is 1. The van der Waals surface area contributed by atoms with Crippen LogP contribution in [0.15, 0.2) is 0 Å². The lowest BCUT2D eigenvalue weighted by Crippen LogP contribution is -2.07. The summed E-state index contributed by atoms with van der Waals surface area (Å²) in [5.74, 6) is -5.24. The molecule has 0 aliphatic rings. The maximum atomic E-state index is 13.4. The maximum absolute atomic E-state index is 13.4. The molecular formula is C9H10F3NO2. The molecule has 0 aliphatic heterocycles. The van der Waals surface area contributed by atoms with E-state index in [1.165, 1.54) is 6.92 Å².